The fourth-order valence-electron chi connectivity index (χ4n) is 1.13. The van der Waals surface area contributed by atoms with Gasteiger partial charge in [0.05, 0.1) is 6.61 Å². The Morgan fingerprint density at radius 2 is 2.27 bits per heavy atom. The maximum absolute atomic E-state index is 10.8. The molecule has 0 saturated carbocycles. The van der Waals surface area contributed by atoms with Gasteiger partial charge in [0.1, 0.15) is 0 Å². The van der Waals surface area contributed by atoms with Crippen molar-refractivity contribution in [1.82, 2.24) is 0 Å². The van der Waals surface area contributed by atoms with E-state index in [9.17, 15) is 9.90 Å². The third-order valence-electron chi connectivity index (χ3n) is 1.74. The molecule has 1 aromatic carbocycles. The Hall–Kier alpha value is -1.71. The molecule has 0 fully saturated rings. The predicted octanol–water partition coefficient (Wildman–Crippen LogP) is 2.14. The van der Waals surface area contributed by atoms with Crippen molar-refractivity contribution in [3.05, 3.63) is 18.2 Å². The first-order chi connectivity index (χ1) is 7.13. The van der Waals surface area contributed by atoms with Gasteiger partial charge in [0.15, 0.2) is 11.5 Å². The van der Waals surface area contributed by atoms with Gasteiger partial charge in [-0.2, -0.15) is 0 Å². The first-order valence-corrected chi connectivity index (χ1v) is 4.87. The number of aromatic hydroxyl groups is 1. The minimum Gasteiger partial charge on any atom is -0.504 e. The molecule has 0 saturated heterocycles. The van der Waals surface area contributed by atoms with Crippen LogP contribution in [0.3, 0.4) is 0 Å². The molecule has 82 valence electrons. The highest BCUT2D eigenvalue weighted by atomic mass is 16.5. The van der Waals surface area contributed by atoms with Crippen molar-refractivity contribution in [3.63, 3.8) is 0 Å². The zero-order chi connectivity index (χ0) is 11.3. The van der Waals surface area contributed by atoms with E-state index in [1.54, 1.807) is 12.1 Å². The number of phenols is 1. The number of hydrogen-bond acceptors (Lipinski definition) is 3. The first-order valence-electron chi connectivity index (χ1n) is 4.87. The largest absolute Gasteiger partial charge is 0.504 e. The molecule has 0 bridgehead atoms. The van der Waals surface area contributed by atoms with Crippen LogP contribution in [0.25, 0.3) is 0 Å². The van der Waals surface area contributed by atoms with Gasteiger partial charge >= 0.3 is 0 Å². The second kappa shape index (κ2) is 5.24. The van der Waals surface area contributed by atoms with Crippen LogP contribution in [0.4, 0.5) is 5.69 Å². The standard InChI is InChI=1S/C11H15NO3/c1-3-6-15-11-5-4-9(7-10(11)14)12-8(2)13/h4-5,7,14H,3,6H2,1-2H3,(H,12,13). The maximum Gasteiger partial charge on any atom is 0.221 e. The molecule has 0 aliphatic carbocycles. The molecule has 1 amide bonds. The summed E-state index contributed by atoms with van der Waals surface area (Å²) in [5.41, 5.74) is 0.559. The molecule has 4 heteroatoms. The van der Waals surface area contributed by atoms with Gasteiger partial charge in [-0.25, -0.2) is 0 Å². The highest BCUT2D eigenvalue weighted by Gasteiger charge is 2.04. The summed E-state index contributed by atoms with van der Waals surface area (Å²) in [5, 5.41) is 12.1. The smallest absolute Gasteiger partial charge is 0.221 e. The topological polar surface area (TPSA) is 58.6 Å². The van der Waals surface area contributed by atoms with Crippen LogP contribution in [0.15, 0.2) is 18.2 Å². The third kappa shape index (κ3) is 3.50. The summed E-state index contributed by atoms with van der Waals surface area (Å²) < 4.78 is 5.28. The Labute approximate surface area is 88.9 Å². The SMILES string of the molecule is CCCOc1ccc(NC(C)=O)cc1O. The van der Waals surface area contributed by atoms with E-state index in [0.29, 0.717) is 18.0 Å². The van der Waals surface area contributed by atoms with Crippen molar-refractivity contribution in [2.75, 3.05) is 11.9 Å². The van der Waals surface area contributed by atoms with Crippen LogP contribution in [-0.2, 0) is 4.79 Å². The van der Waals surface area contributed by atoms with Crippen molar-refractivity contribution >= 4 is 11.6 Å². The lowest BCUT2D eigenvalue weighted by Crippen LogP contribution is -2.05. The predicted molar refractivity (Wildman–Crippen MR) is 58.2 cm³/mol. The highest BCUT2D eigenvalue weighted by Crippen LogP contribution is 2.28. The number of carbonyl (C=O) groups excluding carboxylic acids is 1. The van der Waals surface area contributed by atoms with Gasteiger partial charge in [0.2, 0.25) is 5.91 Å². The molecular weight excluding hydrogens is 194 g/mol. The minimum absolute atomic E-state index is 0.0368. The van der Waals surface area contributed by atoms with E-state index in [0.717, 1.165) is 6.42 Å². The molecule has 4 nitrogen and oxygen atoms in total. The summed E-state index contributed by atoms with van der Waals surface area (Å²) >= 11 is 0. The number of benzene rings is 1. The normalized spacial score (nSPS) is 9.73. The number of rotatable bonds is 4. The monoisotopic (exact) mass is 209 g/mol. The van der Waals surface area contributed by atoms with Crippen molar-refractivity contribution in [1.29, 1.82) is 0 Å². The van der Waals surface area contributed by atoms with E-state index < -0.39 is 0 Å². The van der Waals surface area contributed by atoms with Crippen LogP contribution < -0.4 is 10.1 Å². The van der Waals surface area contributed by atoms with E-state index in [1.165, 1.54) is 13.0 Å². The number of nitrogens with one attached hydrogen (secondary N) is 1. The molecular formula is C11H15NO3. The van der Waals surface area contributed by atoms with Gasteiger partial charge in [0.25, 0.3) is 0 Å². The second-order valence-corrected chi connectivity index (χ2v) is 3.21. The second-order valence-electron chi connectivity index (χ2n) is 3.21. The summed E-state index contributed by atoms with van der Waals surface area (Å²) in [6.45, 7) is 3.97. The average Bonchev–Trinajstić information content (AvgIpc) is 2.15. The highest BCUT2D eigenvalue weighted by molar-refractivity contribution is 5.89. The molecule has 0 aliphatic rings. The number of ether oxygens (including phenoxy) is 1. The summed E-state index contributed by atoms with van der Waals surface area (Å²) in [7, 11) is 0. The van der Waals surface area contributed by atoms with Gasteiger partial charge in [0, 0.05) is 18.7 Å². The molecule has 0 unspecified atom stereocenters. The van der Waals surface area contributed by atoms with Gasteiger partial charge in [-0.15, -0.1) is 0 Å². The maximum atomic E-state index is 10.8. The number of carbonyl (C=O) groups is 1. The van der Waals surface area contributed by atoms with Crippen LogP contribution in [0.1, 0.15) is 20.3 Å². The van der Waals surface area contributed by atoms with E-state index in [2.05, 4.69) is 5.32 Å². The van der Waals surface area contributed by atoms with Gasteiger partial charge < -0.3 is 15.2 Å². The number of phenolic OH excluding ortho intramolecular Hbond substituents is 1. The minimum atomic E-state index is -0.170. The molecule has 0 heterocycles. The third-order valence-corrected chi connectivity index (χ3v) is 1.74. The fraction of sp³-hybridized carbons (Fsp3) is 0.364. The lowest BCUT2D eigenvalue weighted by molar-refractivity contribution is -0.114. The van der Waals surface area contributed by atoms with Crippen molar-refractivity contribution < 1.29 is 14.6 Å². The molecule has 0 spiro atoms. The molecule has 2 N–H and O–H groups in total. The summed E-state index contributed by atoms with van der Waals surface area (Å²) in [4.78, 5) is 10.8. The van der Waals surface area contributed by atoms with Crippen molar-refractivity contribution in [2.45, 2.75) is 20.3 Å². The summed E-state index contributed by atoms with van der Waals surface area (Å²) in [6.07, 6.45) is 0.882. The Bertz CT molecular complexity index is 350. The molecule has 1 aromatic rings. The first kappa shape index (κ1) is 11.4. The molecule has 15 heavy (non-hydrogen) atoms. The zero-order valence-corrected chi connectivity index (χ0v) is 8.91. The zero-order valence-electron chi connectivity index (χ0n) is 8.91. The Kier molecular flexibility index (Phi) is 3.97. The molecule has 1 rings (SSSR count). The van der Waals surface area contributed by atoms with Crippen molar-refractivity contribution in [3.8, 4) is 11.5 Å². The van der Waals surface area contributed by atoms with Crippen molar-refractivity contribution in [2.24, 2.45) is 0 Å². The van der Waals surface area contributed by atoms with E-state index >= 15 is 0 Å². The quantitative estimate of drug-likeness (QED) is 0.798. The Morgan fingerprint density at radius 1 is 1.53 bits per heavy atom. The average molecular weight is 209 g/mol. The van der Waals surface area contributed by atoms with Gasteiger partial charge in [-0.1, -0.05) is 6.92 Å². The Morgan fingerprint density at radius 3 is 2.80 bits per heavy atom. The van der Waals surface area contributed by atoms with E-state index in [4.69, 9.17) is 4.74 Å². The Balaban J connectivity index is 2.74. The number of anilines is 1. The molecule has 0 aliphatic heterocycles. The summed E-state index contributed by atoms with van der Waals surface area (Å²) in [6, 6.07) is 4.79. The van der Waals surface area contributed by atoms with Crippen LogP contribution in [0, 0.1) is 0 Å². The lowest BCUT2D eigenvalue weighted by Gasteiger charge is -2.08. The molecule has 0 radical (unpaired) electrons. The molecule has 0 atom stereocenters. The number of amides is 1. The van der Waals surface area contributed by atoms with Gasteiger partial charge in [-0.3, -0.25) is 4.79 Å². The number of hydrogen-bond donors (Lipinski definition) is 2. The van der Waals surface area contributed by atoms with Crippen LogP contribution >= 0.6 is 0 Å². The molecule has 0 aromatic heterocycles. The fourth-order valence-corrected chi connectivity index (χ4v) is 1.13. The van der Waals surface area contributed by atoms with E-state index in [-0.39, 0.29) is 11.7 Å². The van der Waals surface area contributed by atoms with Gasteiger partial charge in [-0.05, 0) is 18.6 Å². The van der Waals surface area contributed by atoms with Crippen LogP contribution in [0.2, 0.25) is 0 Å². The lowest BCUT2D eigenvalue weighted by atomic mass is 10.2. The van der Waals surface area contributed by atoms with Crippen LogP contribution in [-0.4, -0.2) is 17.6 Å². The van der Waals surface area contributed by atoms with E-state index in [1.807, 2.05) is 6.92 Å². The summed E-state index contributed by atoms with van der Waals surface area (Å²) in [5.74, 6) is 0.303. The van der Waals surface area contributed by atoms with Crippen LogP contribution in [0.5, 0.6) is 11.5 Å².